The van der Waals surface area contributed by atoms with Crippen LogP contribution in [0.1, 0.15) is 18.4 Å². The molecule has 0 fully saturated rings. The molecule has 2 rings (SSSR count). The minimum Gasteiger partial charge on any atom is -0.332 e. The second kappa shape index (κ2) is 2.96. The predicted octanol–water partition coefficient (Wildman–Crippen LogP) is 0.990. The molecule has 0 unspecified atom stereocenters. The number of rotatable bonds is 2. The molecule has 13 heavy (non-hydrogen) atoms. The van der Waals surface area contributed by atoms with E-state index in [9.17, 15) is 0 Å². The van der Waals surface area contributed by atoms with Crippen LogP contribution in [0.5, 0.6) is 0 Å². The van der Waals surface area contributed by atoms with Crippen LogP contribution < -0.4 is 0 Å². The van der Waals surface area contributed by atoms with Crippen molar-refractivity contribution in [2.75, 3.05) is 0 Å². The van der Waals surface area contributed by atoms with Crippen LogP contribution >= 0.6 is 0 Å². The lowest BCUT2D eigenvalue weighted by atomic mass is 10.2. The van der Waals surface area contributed by atoms with Crippen molar-refractivity contribution < 1.29 is 9.15 Å². The van der Waals surface area contributed by atoms with E-state index < -0.39 is 0 Å². The Kier molecular flexibility index (Phi) is 1.80. The monoisotopic (exact) mass is 180 g/mol. The Hall–Kier alpha value is -1.72. The van der Waals surface area contributed by atoms with E-state index in [4.69, 9.17) is 4.52 Å². The van der Waals surface area contributed by atoms with Crippen molar-refractivity contribution in [3.05, 3.63) is 11.5 Å². The summed E-state index contributed by atoms with van der Waals surface area (Å²) in [5.41, 5.74) is 1.26. The SMILES string of the molecule is CCc1nonc1-c1nc(C)no1. The average Bonchev–Trinajstić information content (AvgIpc) is 2.71. The van der Waals surface area contributed by atoms with Gasteiger partial charge in [-0.25, -0.2) is 4.63 Å². The van der Waals surface area contributed by atoms with Crippen LogP contribution in [0.2, 0.25) is 0 Å². The molecule has 2 aromatic rings. The highest BCUT2D eigenvalue weighted by Gasteiger charge is 2.16. The molecule has 6 nitrogen and oxygen atoms in total. The van der Waals surface area contributed by atoms with Crippen LogP contribution in [0.4, 0.5) is 0 Å². The molecular weight excluding hydrogens is 172 g/mol. The third-order valence-electron chi connectivity index (χ3n) is 1.62. The molecule has 6 heteroatoms. The van der Waals surface area contributed by atoms with E-state index in [1.54, 1.807) is 6.92 Å². The highest BCUT2D eigenvalue weighted by Crippen LogP contribution is 2.17. The van der Waals surface area contributed by atoms with Gasteiger partial charge in [0.2, 0.25) is 0 Å². The highest BCUT2D eigenvalue weighted by molar-refractivity contribution is 5.48. The molecule has 0 amide bonds. The van der Waals surface area contributed by atoms with E-state index in [2.05, 4.69) is 25.1 Å². The minimum absolute atomic E-state index is 0.357. The number of hydrogen-bond acceptors (Lipinski definition) is 6. The maximum absolute atomic E-state index is 4.93. The lowest BCUT2D eigenvalue weighted by Crippen LogP contribution is -1.85. The van der Waals surface area contributed by atoms with Crippen molar-refractivity contribution in [1.82, 2.24) is 20.5 Å². The summed E-state index contributed by atoms with van der Waals surface area (Å²) < 4.78 is 9.50. The van der Waals surface area contributed by atoms with Crippen LogP contribution in [-0.2, 0) is 6.42 Å². The predicted molar refractivity (Wildman–Crippen MR) is 41.7 cm³/mol. The van der Waals surface area contributed by atoms with Crippen molar-refractivity contribution in [3.63, 3.8) is 0 Å². The quantitative estimate of drug-likeness (QED) is 0.685. The Morgan fingerprint density at radius 1 is 1.23 bits per heavy atom. The fourth-order valence-electron chi connectivity index (χ4n) is 0.994. The first-order chi connectivity index (χ1) is 6.31. The number of aryl methyl sites for hydroxylation is 2. The van der Waals surface area contributed by atoms with Gasteiger partial charge in [-0.15, -0.1) is 0 Å². The molecule has 2 aromatic heterocycles. The van der Waals surface area contributed by atoms with Crippen LogP contribution in [0.25, 0.3) is 11.6 Å². The zero-order valence-corrected chi connectivity index (χ0v) is 7.31. The van der Waals surface area contributed by atoms with Gasteiger partial charge in [0.1, 0.15) is 5.69 Å². The van der Waals surface area contributed by atoms with Gasteiger partial charge in [0.05, 0.1) is 0 Å². The van der Waals surface area contributed by atoms with Crippen LogP contribution in [-0.4, -0.2) is 20.5 Å². The molecule has 0 atom stereocenters. The fourth-order valence-corrected chi connectivity index (χ4v) is 0.994. The van der Waals surface area contributed by atoms with Gasteiger partial charge < -0.3 is 4.52 Å². The van der Waals surface area contributed by atoms with E-state index in [0.29, 0.717) is 17.4 Å². The fraction of sp³-hybridized carbons (Fsp3) is 0.429. The van der Waals surface area contributed by atoms with Crippen molar-refractivity contribution in [3.8, 4) is 11.6 Å². The molecule has 2 heterocycles. The molecule has 0 aliphatic carbocycles. The summed E-state index contributed by atoms with van der Waals surface area (Å²) in [5, 5.41) is 11.0. The van der Waals surface area contributed by atoms with Crippen LogP contribution in [0.3, 0.4) is 0 Å². The largest absolute Gasteiger partial charge is 0.332 e. The zero-order valence-electron chi connectivity index (χ0n) is 7.31. The maximum Gasteiger partial charge on any atom is 0.282 e. The van der Waals surface area contributed by atoms with Crippen molar-refractivity contribution in [2.45, 2.75) is 20.3 Å². The van der Waals surface area contributed by atoms with Crippen molar-refractivity contribution in [1.29, 1.82) is 0 Å². The Morgan fingerprint density at radius 2 is 2.08 bits per heavy atom. The summed E-state index contributed by atoms with van der Waals surface area (Å²) >= 11 is 0. The van der Waals surface area contributed by atoms with Gasteiger partial charge >= 0.3 is 0 Å². The lowest BCUT2D eigenvalue weighted by Gasteiger charge is -1.86. The van der Waals surface area contributed by atoms with E-state index in [0.717, 1.165) is 12.1 Å². The maximum atomic E-state index is 4.93. The molecule has 0 N–H and O–H groups in total. The summed E-state index contributed by atoms with van der Waals surface area (Å²) in [6.07, 6.45) is 0.722. The summed E-state index contributed by atoms with van der Waals surface area (Å²) in [4.78, 5) is 4.02. The van der Waals surface area contributed by atoms with Crippen molar-refractivity contribution >= 4 is 0 Å². The summed E-state index contributed by atoms with van der Waals surface area (Å²) in [6, 6.07) is 0. The summed E-state index contributed by atoms with van der Waals surface area (Å²) in [6.45, 7) is 3.69. The van der Waals surface area contributed by atoms with E-state index in [-0.39, 0.29) is 0 Å². The topological polar surface area (TPSA) is 77.8 Å². The number of nitrogens with zero attached hydrogens (tertiary/aromatic N) is 4. The molecule has 0 saturated heterocycles. The number of hydrogen-bond donors (Lipinski definition) is 0. The van der Waals surface area contributed by atoms with Gasteiger partial charge in [0, 0.05) is 0 Å². The van der Waals surface area contributed by atoms with Crippen LogP contribution in [0, 0.1) is 6.92 Å². The van der Waals surface area contributed by atoms with Gasteiger partial charge in [-0.3, -0.25) is 0 Å². The second-order valence-electron chi connectivity index (χ2n) is 2.56. The molecule has 0 saturated carbocycles. The highest BCUT2D eigenvalue weighted by atomic mass is 16.6. The Labute approximate surface area is 73.9 Å². The molecule has 0 radical (unpaired) electrons. The first kappa shape index (κ1) is 7.90. The Morgan fingerprint density at radius 3 is 2.69 bits per heavy atom. The van der Waals surface area contributed by atoms with E-state index in [1.807, 2.05) is 6.92 Å². The molecule has 0 aliphatic rings. The van der Waals surface area contributed by atoms with Gasteiger partial charge in [0.25, 0.3) is 5.89 Å². The molecular formula is C7H8N4O2. The van der Waals surface area contributed by atoms with Gasteiger partial charge in [-0.2, -0.15) is 4.98 Å². The van der Waals surface area contributed by atoms with Gasteiger partial charge in [0.15, 0.2) is 11.5 Å². The first-order valence-corrected chi connectivity index (χ1v) is 3.93. The third kappa shape index (κ3) is 1.30. The standard InChI is InChI=1S/C7H8N4O2/c1-3-5-6(11-13-10-5)7-8-4(2)9-12-7/h3H2,1-2H3. The molecule has 0 aromatic carbocycles. The lowest BCUT2D eigenvalue weighted by molar-refractivity contribution is 0.303. The molecule has 0 aliphatic heterocycles. The summed E-state index contributed by atoms with van der Waals surface area (Å²) in [7, 11) is 0. The molecule has 0 bridgehead atoms. The van der Waals surface area contributed by atoms with Gasteiger partial charge in [-0.1, -0.05) is 17.2 Å². The van der Waals surface area contributed by atoms with E-state index >= 15 is 0 Å². The smallest absolute Gasteiger partial charge is 0.282 e. The van der Waals surface area contributed by atoms with Crippen LogP contribution in [0.15, 0.2) is 9.15 Å². The summed E-state index contributed by atoms with van der Waals surface area (Å²) in [5.74, 6) is 0.927. The van der Waals surface area contributed by atoms with E-state index in [1.165, 1.54) is 0 Å². The second-order valence-corrected chi connectivity index (χ2v) is 2.56. The third-order valence-corrected chi connectivity index (χ3v) is 1.62. The average molecular weight is 180 g/mol. The molecule has 68 valence electrons. The first-order valence-electron chi connectivity index (χ1n) is 3.93. The zero-order chi connectivity index (χ0) is 9.26. The molecule has 0 spiro atoms. The normalized spacial score (nSPS) is 10.6. The Bertz CT molecular complexity index is 406. The number of aromatic nitrogens is 4. The minimum atomic E-state index is 0.357. The Balaban J connectivity index is 2.45. The van der Waals surface area contributed by atoms with Gasteiger partial charge in [-0.05, 0) is 18.5 Å². The van der Waals surface area contributed by atoms with Crippen molar-refractivity contribution in [2.24, 2.45) is 0 Å².